The lowest BCUT2D eigenvalue weighted by atomic mass is 10.1. The van der Waals surface area contributed by atoms with Crippen LogP contribution in [0.3, 0.4) is 0 Å². The summed E-state index contributed by atoms with van der Waals surface area (Å²) in [6, 6.07) is 0. The normalized spacial score (nSPS) is 17.1. The maximum Gasteiger partial charge on any atom is 0.137 e. The maximum atomic E-state index is 9.14. The van der Waals surface area contributed by atoms with Crippen LogP contribution in [-0.2, 0) is 6.61 Å². The molecule has 1 saturated heterocycles. The average Bonchev–Trinajstić information content (AvgIpc) is 2.30. The summed E-state index contributed by atoms with van der Waals surface area (Å²) < 4.78 is 0. The van der Waals surface area contributed by atoms with Crippen molar-refractivity contribution in [2.24, 2.45) is 0 Å². The fourth-order valence-electron chi connectivity index (χ4n) is 1.85. The molecule has 0 bridgehead atoms. The average molecular weight is 193 g/mol. The molecule has 0 aliphatic carbocycles. The Labute approximate surface area is 83.6 Å². The van der Waals surface area contributed by atoms with Crippen LogP contribution in [0.25, 0.3) is 0 Å². The lowest BCUT2D eigenvalue weighted by Crippen LogP contribution is -2.31. The van der Waals surface area contributed by atoms with Crippen LogP contribution in [0.2, 0.25) is 0 Å². The van der Waals surface area contributed by atoms with E-state index in [9.17, 15) is 0 Å². The topological polar surface area (TPSA) is 49.3 Å². The molecule has 0 amide bonds. The Morgan fingerprint density at radius 2 is 2.07 bits per heavy atom. The molecular weight excluding hydrogens is 178 g/mol. The first-order valence-electron chi connectivity index (χ1n) is 5.06. The van der Waals surface area contributed by atoms with E-state index >= 15 is 0 Å². The van der Waals surface area contributed by atoms with Crippen molar-refractivity contribution in [1.82, 2.24) is 9.97 Å². The number of nitrogens with zero attached hydrogens (tertiary/aromatic N) is 3. The molecule has 1 aliphatic heterocycles. The number of rotatable bonds is 2. The monoisotopic (exact) mass is 193 g/mol. The van der Waals surface area contributed by atoms with Gasteiger partial charge in [0.05, 0.1) is 6.61 Å². The lowest BCUT2D eigenvalue weighted by Gasteiger charge is -2.28. The molecule has 1 aromatic heterocycles. The Kier molecular flexibility index (Phi) is 2.93. The van der Waals surface area contributed by atoms with E-state index in [-0.39, 0.29) is 6.61 Å². The van der Waals surface area contributed by atoms with E-state index in [1.807, 2.05) is 0 Å². The van der Waals surface area contributed by atoms with Gasteiger partial charge in [0.15, 0.2) is 0 Å². The van der Waals surface area contributed by atoms with Crippen LogP contribution in [0.5, 0.6) is 0 Å². The maximum absolute atomic E-state index is 9.14. The molecule has 2 rings (SSSR count). The van der Waals surface area contributed by atoms with Crippen LogP contribution in [0.15, 0.2) is 12.5 Å². The minimum atomic E-state index is 0.0205. The van der Waals surface area contributed by atoms with Gasteiger partial charge in [-0.15, -0.1) is 0 Å². The van der Waals surface area contributed by atoms with Gasteiger partial charge in [-0.2, -0.15) is 0 Å². The second-order valence-electron chi connectivity index (χ2n) is 3.58. The van der Waals surface area contributed by atoms with Crippen molar-refractivity contribution in [3.05, 3.63) is 18.1 Å². The molecule has 0 spiro atoms. The van der Waals surface area contributed by atoms with Crippen LogP contribution in [0, 0.1) is 0 Å². The van der Waals surface area contributed by atoms with Crippen LogP contribution >= 0.6 is 0 Å². The summed E-state index contributed by atoms with van der Waals surface area (Å²) in [5.74, 6) is 0.905. The molecule has 0 radical (unpaired) electrons. The highest BCUT2D eigenvalue weighted by atomic mass is 16.3. The molecule has 4 heteroatoms. The Morgan fingerprint density at radius 1 is 1.29 bits per heavy atom. The van der Waals surface area contributed by atoms with Crippen molar-refractivity contribution >= 4 is 5.82 Å². The standard InChI is InChI=1S/C10H15N3O/c14-7-9-6-11-8-12-10(9)13-4-2-1-3-5-13/h6,8,14H,1-5,7H2. The minimum absolute atomic E-state index is 0.0205. The molecule has 1 N–H and O–H groups in total. The number of aliphatic hydroxyl groups is 1. The zero-order valence-electron chi connectivity index (χ0n) is 8.19. The minimum Gasteiger partial charge on any atom is -0.391 e. The largest absolute Gasteiger partial charge is 0.391 e. The Bertz CT molecular complexity index is 297. The highest BCUT2D eigenvalue weighted by molar-refractivity contribution is 5.45. The Morgan fingerprint density at radius 3 is 2.79 bits per heavy atom. The molecular formula is C10H15N3O. The molecule has 2 heterocycles. The predicted octanol–water partition coefficient (Wildman–Crippen LogP) is 0.959. The van der Waals surface area contributed by atoms with Gasteiger partial charge in [0.1, 0.15) is 12.1 Å². The number of aliphatic hydroxyl groups excluding tert-OH is 1. The first-order chi connectivity index (χ1) is 6.92. The Balaban J connectivity index is 2.20. The summed E-state index contributed by atoms with van der Waals surface area (Å²) >= 11 is 0. The van der Waals surface area contributed by atoms with Gasteiger partial charge in [-0.25, -0.2) is 9.97 Å². The smallest absolute Gasteiger partial charge is 0.137 e. The van der Waals surface area contributed by atoms with Crippen LogP contribution in [0.4, 0.5) is 5.82 Å². The van der Waals surface area contributed by atoms with Gasteiger partial charge in [-0.05, 0) is 19.3 Å². The molecule has 1 aromatic rings. The summed E-state index contributed by atoms with van der Waals surface area (Å²) in [7, 11) is 0. The number of hydrogen-bond donors (Lipinski definition) is 1. The number of hydrogen-bond acceptors (Lipinski definition) is 4. The SMILES string of the molecule is OCc1cncnc1N1CCCCC1. The van der Waals surface area contributed by atoms with Gasteiger partial charge >= 0.3 is 0 Å². The van der Waals surface area contributed by atoms with Crippen LogP contribution in [-0.4, -0.2) is 28.2 Å². The van der Waals surface area contributed by atoms with Crippen molar-refractivity contribution < 1.29 is 5.11 Å². The van der Waals surface area contributed by atoms with Gasteiger partial charge in [0, 0.05) is 24.8 Å². The van der Waals surface area contributed by atoms with E-state index in [1.165, 1.54) is 19.3 Å². The first kappa shape index (κ1) is 9.40. The second kappa shape index (κ2) is 4.37. The summed E-state index contributed by atoms with van der Waals surface area (Å²) in [5, 5.41) is 9.14. The van der Waals surface area contributed by atoms with E-state index in [0.29, 0.717) is 0 Å². The molecule has 1 aliphatic rings. The summed E-state index contributed by atoms with van der Waals surface area (Å²) in [5.41, 5.74) is 0.828. The van der Waals surface area contributed by atoms with E-state index in [2.05, 4.69) is 14.9 Å². The van der Waals surface area contributed by atoms with E-state index < -0.39 is 0 Å². The third-order valence-corrected chi connectivity index (χ3v) is 2.59. The third-order valence-electron chi connectivity index (χ3n) is 2.59. The van der Waals surface area contributed by atoms with Crippen LogP contribution < -0.4 is 4.90 Å². The molecule has 14 heavy (non-hydrogen) atoms. The summed E-state index contributed by atoms with van der Waals surface area (Å²) in [4.78, 5) is 10.4. The quantitative estimate of drug-likeness (QED) is 0.760. The van der Waals surface area contributed by atoms with Crippen molar-refractivity contribution in [3.8, 4) is 0 Å². The molecule has 76 valence electrons. The molecule has 0 unspecified atom stereocenters. The summed E-state index contributed by atoms with van der Waals surface area (Å²) in [6.07, 6.45) is 6.97. The fourth-order valence-corrected chi connectivity index (χ4v) is 1.85. The van der Waals surface area contributed by atoms with Gasteiger partial charge < -0.3 is 10.0 Å². The van der Waals surface area contributed by atoms with Gasteiger partial charge in [-0.1, -0.05) is 0 Å². The van der Waals surface area contributed by atoms with Gasteiger partial charge in [-0.3, -0.25) is 0 Å². The number of piperidine rings is 1. The van der Waals surface area contributed by atoms with Crippen LogP contribution in [0.1, 0.15) is 24.8 Å². The summed E-state index contributed by atoms with van der Waals surface area (Å²) in [6.45, 7) is 2.11. The highest BCUT2D eigenvalue weighted by Gasteiger charge is 2.14. The lowest BCUT2D eigenvalue weighted by molar-refractivity contribution is 0.281. The first-order valence-corrected chi connectivity index (χ1v) is 5.06. The molecule has 0 atom stereocenters. The van der Waals surface area contributed by atoms with Gasteiger partial charge in [0.2, 0.25) is 0 Å². The Hall–Kier alpha value is -1.16. The number of aromatic nitrogens is 2. The van der Waals surface area contributed by atoms with Crippen molar-refractivity contribution in [2.45, 2.75) is 25.9 Å². The van der Waals surface area contributed by atoms with E-state index in [4.69, 9.17) is 5.11 Å². The zero-order chi connectivity index (χ0) is 9.80. The highest BCUT2D eigenvalue weighted by Crippen LogP contribution is 2.20. The number of anilines is 1. The van der Waals surface area contributed by atoms with Gasteiger partial charge in [0.25, 0.3) is 0 Å². The molecule has 0 aromatic carbocycles. The second-order valence-corrected chi connectivity index (χ2v) is 3.58. The molecule has 1 fully saturated rings. The fraction of sp³-hybridized carbons (Fsp3) is 0.600. The van der Waals surface area contributed by atoms with E-state index in [0.717, 1.165) is 24.5 Å². The third kappa shape index (κ3) is 1.85. The van der Waals surface area contributed by atoms with E-state index in [1.54, 1.807) is 12.5 Å². The molecule has 0 saturated carbocycles. The van der Waals surface area contributed by atoms with Crippen molar-refractivity contribution in [1.29, 1.82) is 0 Å². The van der Waals surface area contributed by atoms with Crippen molar-refractivity contribution in [3.63, 3.8) is 0 Å². The zero-order valence-corrected chi connectivity index (χ0v) is 8.19. The predicted molar refractivity (Wildman–Crippen MR) is 54.0 cm³/mol. The van der Waals surface area contributed by atoms with Crippen molar-refractivity contribution in [2.75, 3.05) is 18.0 Å². The molecule has 4 nitrogen and oxygen atoms in total.